The fourth-order valence-corrected chi connectivity index (χ4v) is 8.33. The maximum atomic E-state index is 13.9. The fourth-order valence-electron chi connectivity index (χ4n) is 5.64. The zero-order chi connectivity index (χ0) is 28.5. The first kappa shape index (κ1) is 28.7. The summed E-state index contributed by atoms with van der Waals surface area (Å²) in [6.07, 6.45) is 3.24. The van der Waals surface area contributed by atoms with Gasteiger partial charge in [0.25, 0.3) is 0 Å². The maximum Gasteiger partial charge on any atom is 0.243 e. The third-order valence-electron chi connectivity index (χ3n) is 8.23. The molecule has 3 aromatic rings. The van der Waals surface area contributed by atoms with Crippen molar-refractivity contribution in [3.8, 4) is 17.0 Å². The van der Waals surface area contributed by atoms with Gasteiger partial charge in [-0.25, -0.2) is 17.8 Å². The Labute approximate surface area is 239 Å². The van der Waals surface area contributed by atoms with Crippen molar-refractivity contribution in [2.75, 3.05) is 38.6 Å². The summed E-state index contributed by atoms with van der Waals surface area (Å²) in [7, 11) is -2.23. The topological polar surface area (TPSA) is 91.8 Å². The third kappa shape index (κ3) is 6.07. The van der Waals surface area contributed by atoms with Gasteiger partial charge in [-0.15, -0.1) is 11.3 Å². The molecule has 40 heavy (non-hydrogen) atoms. The molecule has 0 saturated carbocycles. The standard InChI is InChI=1S/C29H35FN4O4S2/c1-28(2)11-12-29(20-34(28)40(36,37)24-6-4-5-22(30)17-24)13-15-33(16-14-29)18-26(35)32-27-31-25(19-39-27)21-7-9-23(38-3)10-8-21/h4-10,17,19H,11-16,18,20H2,1-3H3,(H,31,32,35). The SMILES string of the molecule is COc1ccc(-c2csc(NC(=O)CN3CCC4(CC3)CCC(C)(C)N(S(=O)(=O)c3cccc(F)c3)C4)n2)cc1. The van der Waals surface area contributed by atoms with Crippen molar-refractivity contribution in [3.63, 3.8) is 0 Å². The molecule has 1 aromatic heterocycles. The van der Waals surface area contributed by atoms with Gasteiger partial charge in [0.05, 0.1) is 24.2 Å². The minimum atomic E-state index is -3.85. The molecule has 1 spiro atoms. The number of hydrogen-bond donors (Lipinski definition) is 1. The monoisotopic (exact) mass is 586 g/mol. The van der Waals surface area contributed by atoms with Gasteiger partial charge in [0.1, 0.15) is 11.6 Å². The Hall–Kier alpha value is -2.86. The summed E-state index contributed by atoms with van der Waals surface area (Å²) in [5.41, 5.74) is 1.01. The number of methoxy groups -OCH3 is 1. The molecule has 2 fully saturated rings. The zero-order valence-electron chi connectivity index (χ0n) is 23.0. The summed E-state index contributed by atoms with van der Waals surface area (Å²) in [6.45, 7) is 5.94. The number of carbonyl (C=O) groups is 1. The van der Waals surface area contributed by atoms with Crippen molar-refractivity contribution in [1.82, 2.24) is 14.2 Å². The highest BCUT2D eigenvalue weighted by Crippen LogP contribution is 2.46. The molecular formula is C29H35FN4O4S2. The zero-order valence-corrected chi connectivity index (χ0v) is 24.7. The Morgan fingerprint density at radius 1 is 1.10 bits per heavy atom. The van der Waals surface area contributed by atoms with E-state index in [1.165, 1.54) is 29.5 Å². The number of benzene rings is 2. The number of carbonyl (C=O) groups excluding carboxylic acids is 1. The summed E-state index contributed by atoms with van der Waals surface area (Å²) in [4.78, 5) is 19.5. The first-order valence-electron chi connectivity index (χ1n) is 13.4. The number of nitrogens with one attached hydrogen (secondary N) is 1. The predicted molar refractivity (Wildman–Crippen MR) is 154 cm³/mol. The van der Waals surface area contributed by atoms with E-state index in [1.54, 1.807) is 11.4 Å². The van der Waals surface area contributed by atoms with E-state index in [0.717, 1.165) is 48.8 Å². The lowest BCUT2D eigenvalue weighted by atomic mass is 9.69. The average molecular weight is 587 g/mol. The molecule has 214 valence electrons. The van der Waals surface area contributed by atoms with Crippen LogP contribution in [0.1, 0.15) is 39.5 Å². The second-order valence-electron chi connectivity index (χ2n) is 11.4. The molecule has 11 heteroatoms. The van der Waals surface area contributed by atoms with Gasteiger partial charge in [0.15, 0.2) is 5.13 Å². The van der Waals surface area contributed by atoms with Gasteiger partial charge < -0.3 is 10.1 Å². The van der Waals surface area contributed by atoms with E-state index in [1.807, 2.05) is 43.5 Å². The summed E-state index contributed by atoms with van der Waals surface area (Å²) >= 11 is 1.38. The van der Waals surface area contributed by atoms with Crippen LogP contribution in [0.4, 0.5) is 9.52 Å². The number of hydrogen-bond acceptors (Lipinski definition) is 7. The number of likely N-dealkylation sites (tertiary alicyclic amines) is 1. The Morgan fingerprint density at radius 2 is 1.82 bits per heavy atom. The van der Waals surface area contributed by atoms with Crippen LogP contribution in [0.25, 0.3) is 11.3 Å². The van der Waals surface area contributed by atoms with Crippen molar-refractivity contribution in [1.29, 1.82) is 0 Å². The molecule has 5 rings (SSSR count). The van der Waals surface area contributed by atoms with Crippen LogP contribution in [0.2, 0.25) is 0 Å². The lowest BCUT2D eigenvalue weighted by molar-refractivity contribution is -0.118. The molecule has 2 aliphatic rings. The Balaban J connectivity index is 1.18. The number of piperidine rings is 2. The van der Waals surface area contributed by atoms with Gasteiger partial charge in [-0.1, -0.05) is 6.07 Å². The minimum absolute atomic E-state index is 0.0101. The van der Waals surface area contributed by atoms with Crippen molar-refractivity contribution in [2.24, 2.45) is 5.41 Å². The van der Waals surface area contributed by atoms with Crippen molar-refractivity contribution >= 4 is 32.4 Å². The highest BCUT2D eigenvalue weighted by molar-refractivity contribution is 7.89. The quantitative estimate of drug-likeness (QED) is 0.407. The van der Waals surface area contributed by atoms with Crippen LogP contribution in [0.5, 0.6) is 5.75 Å². The summed E-state index contributed by atoms with van der Waals surface area (Å²) < 4.78 is 47.8. The summed E-state index contributed by atoms with van der Waals surface area (Å²) in [5.74, 6) is 0.0900. The van der Waals surface area contributed by atoms with Crippen LogP contribution in [0.15, 0.2) is 58.8 Å². The third-order valence-corrected chi connectivity index (χ3v) is 11.0. The number of rotatable bonds is 7. The molecule has 1 N–H and O–H groups in total. The minimum Gasteiger partial charge on any atom is -0.497 e. The number of nitrogens with zero attached hydrogens (tertiary/aromatic N) is 3. The maximum absolute atomic E-state index is 13.9. The summed E-state index contributed by atoms with van der Waals surface area (Å²) in [5, 5.41) is 5.38. The van der Waals surface area contributed by atoms with E-state index in [9.17, 15) is 17.6 Å². The molecule has 0 aliphatic carbocycles. The number of halogens is 1. The molecule has 8 nitrogen and oxygen atoms in total. The predicted octanol–water partition coefficient (Wildman–Crippen LogP) is 5.24. The number of amides is 1. The van der Waals surface area contributed by atoms with E-state index in [-0.39, 0.29) is 22.8 Å². The van der Waals surface area contributed by atoms with Crippen LogP contribution in [0.3, 0.4) is 0 Å². The lowest BCUT2D eigenvalue weighted by Crippen LogP contribution is -2.59. The molecule has 0 bridgehead atoms. The van der Waals surface area contributed by atoms with Gasteiger partial charge in [-0.2, -0.15) is 4.31 Å². The fraction of sp³-hybridized carbons (Fsp3) is 0.448. The van der Waals surface area contributed by atoms with Crippen LogP contribution >= 0.6 is 11.3 Å². The number of aromatic nitrogens is 1. The Morgan fingerprint density at radius 3 is 2.50 bits per heavy atom. The van der Waals surface area contributed by atoms with E-state index in [4.69, 9.17) is 4.74 Å². The van der Waals surface area contributed by atoms with E-state index < -0.39 is 21.4 Å². The lowest BCUT2D eigenvalue weighted by Gasteiger charge is -2.53. The Bertz CT molecular complexity index is 1470. The molecule has 1 amide bonds. The molecule has 0 atom stereocenters. The number of thiazole rings is 1. The largest absolute Gasteiger partial charge is 0.497 e. The molecule has 2 aromatic carbocycles. The Kier molecular flexibility index (Phi) is 8.02. The van der Waals surface area contributed by atoms with Gasteiger partial charge in [-0.05, 0) is 100 Å². The van der Waals surface area contributed by atoms with Crippen LogP contribution in [0, 0.1) is 11.2 Å². The van der Waals surface area contributed by atoms with E-state index in [0.29, 0.717) is 24.8 Å². The van der Waals surface area contributed by atoms with Gasteiger partial charge in [-0.3, -0.25) is 9.69 Å². The number of anilines is 1. The van der Waals surface area contributed by atoms with Crippen molar-refractivity contribution in [2.45, 2.75) is 50.0 Å². The molecule has 2 saturated heterocycles. The molecule has 0 unspecified atom stereocenters. The summed E-state index contributed by atoms with van der Waals surface area (Å²) in [6, 6.07) is 12.8. The molecular weight excluding hydrogens is 551 g/mol. The second kappa shape index (κ2) is 11.2. The smallest absolute Gasteiger partial charge is 0.243 e. The highest BCUT2D eigenvalue weighted by Gasteiger charge is 2.49. The number of ether oxygens (including phenoxy) is 1. The van der Waals surface area contributed by atoms with Gasteiger partial charge in [0.2, 0.25) is 15.9 Å². The average Bonchev–Trinajstić information content (AvgIpc) is 3.40. The van der Waals surface area contributed by atoms with Gasteiger partial charge in [0, 0.05) is 23.0 Å². The number of sulfonamides is 1. The van der Waals surface area contributed by atoms with Gasteiger partial charge >= 0.3 is 0 Å². The normalized spacial score (nSPS) is 19.4. The first-order valence-corrected chi connectivity index (χ1v) is 15.7. The van der Waals surface area contributed by atoms with Crippen LogP contribution in [-0.2, 0) is 14.8 Å². The molecule has 2 aliphatic heterocycles. The second-order valence-corrected chi connectivity index (χ2v) is 14.1. The highest BCUT2D eigenvalue weighted by atomic mass is 32.2. The first-order chi connectivity index (χ1) is 19.0. The van der Waals surface area contributed by atoms with E-state index >= 15 is 0 Å². The van der Waals surface area contributed by atoms with Crippen LogP contribution in [-0.4, -0.2) is 67.3 Å². The molecule has 3 heterocycles. The van der Waals surface area contributed by atoms with E-state index in [2.05, 4.69) is 15.2 Å². The van der Waals surface area contributed by atoms with Crippen LogP contribution < -0.4 is 10.1 Å². The molecule has 0 radical (unpaired) electrons. The van der Waals surface area contributed by atoms with Crippen molar-refractivity contribution < 1.29 is 22.3 Å². The van der Waals surface area contributed by atoms with Crippen molar-refractivity contribution in [3.05, 3.63) is 59.7 Å².